The van der Waals surface area contributed by atoms with Gasteiger partial charge in [-0.2, -0.15) is 0 Å². The molecule has 0 fully saturated rings. The number of nitrogens with two attached hydrogens (primary N) is 1. The Kier molecular flexibility index (Phi) is 4.39. The van der Waals surface area contributed by atoms with Gasteiger partial charge in [0.2, 0.25) is 5.96 Å². The first-order chi connectivity index (χ1) is 7.19. The highest BCUT2D eigenvalue weighted by Gasteiger charge is 2.03. The van der Waals surface area contributed by atoms with Crippen LogP contribution in [0.3, 0.4) is 0 Å². The normalized spacial score (nSPS) is 11.3. The van der Waals surface area contributed by atoms with Crippen molar-refractivity contribution < 1.29 is 0 Å². The molecule has 0 spiro atoms. The Morgan fingerprint density at radius 1 is 1.53 bits per heavy atom. The van der Waals surface area contributed by atoms with E-state index in [9.17, 15) is 0 Å². The van der Waals surface area contributed by atoms with Crippen LogP contribution in [0.1, 0.15) is 12.5 Å². The summed E-state index contributed by atoms with van der Waals surface area (Å²) in [5.41, 5.74) is 4.36. The van der Waals surface area contributed by atoms with Gasteiger partial charge in [0.05, 0.1) is 0 Å². The van der Waals surface area contributed by atoms with Gasteiger partial charge in [0.25, 0.3) is 0 Å². The number of anilines is 1. The summed E-state index contributed by atoms with van der Waals surface area (Å²) in [4.78, 5) is 4.14. The third-order valence-corrected chi connectivity index (χ3v) is 2.38. The van der Waals surface area contributed by atoms with E-state index in [-0.39, 0.29) is 0 Å². The molecule has 82 valence electrons. The van der Waals surface area contributed by atoms with Gasteiger partial charge in [-0.3, -0.25) is 10.4 Å². The number of rotatable bonds is 2. The van der Waals surface area contributed by atoms with Crippen molar-refractivity contribution in [2.45, 2.75) is 13.8 Å². The summed E-state index contributed by atoms with van der Waals surface area (Å²) in [7, 11) is 0. The Morgan fingerprint density at radius 3 is 2.87 bits per heavy atom. The number of nitrogens with zero attached hydrogens (tertiary/aromatic N) is 1. The largest absolute Gasteiger partial charge is 0.325 e. The smallest absolute Gasteiger partial charge is 0.210 e. The fourth-order valence-corrected chi connectivity index (χ4v) is 1.32. The molecular formula is C10H15ClN4. The van der Waals surface area contributed by atoms with Crippen LogP contribution < -0.4 is 16.6 Å². The topological polar surface area (TPSA) is 62.4 Å². The van der Waals surface area contributed by atoms with Crippen molar-refractivity contribution >= 4 is 23.2 Å². The summed E-state index contributed by atoms with van der Waals surface area (Å²) >= 11 is 5.99. The number of hydrazine groups is 1. The van der Waals surface area contributed by atoms with Crippen molar-refractivity contribution in [2.24, 2.45) is 10.8 Å². The Labute approximate surface area is 94.5 Å². The highest BCUT2D eigenvalue weighted by molar-refractivity contribution is 6.31. The van der Waals surface area contributed by atoms with E-state index >= 15 is 0 Å². The van der Waals surface area contributed by atoms with Gasteiger partial charge in [0, 0.05) is 17.3 Å². The molecule has 1 rings (SSSR count). The van der Waals surface area contributed by atoms with E-state index in [4.69, 9.17) is 17.4 Å². The van der Waals surface area contributed by atoms with Crippen molar-refractivity contribution in [3.05, 3.63) is 28.8 Å². The van der Waals surface area contributed by atoms with Crippen LogP contribution in [0.25, 0.3) is 0 Å². The number of aliphatic imine (C=N–C) groups is 1. The predicted octanol–water partition coefficient (Wildman–Crippen LogP) is 1.90. The zero-order valence-electron chi connectivity index (χ0n) is 8.84. The van der Waals surface area contributed by atoms with E-state index in [2.05, 4.69) is 15.7 Å². The first-order valence-corrected chi connectivity index (χ1v) is 5.10. The number of guanidine groups is 1. The molecule has 5 heteroatoms. The molecular weight excluding hydrogens is 212 g/mol. The first kappa shape index (κ1) is 11.8. The molecule has 0 unspecified atom stereocenters. The lowest BCUT2D eigenvalue weighted by atomic mass is 10.2. The third kappa shape index (κ3) is 3.11. The van der Waals surface area contributed by atoms with E-state index < -0.39 is 0 Å². The average molecular weight is 227 g/mol. The third-order valence-electron chi connectivity index (χ3n) is 1.97. The molecule has 0 heterocycles. The minimum absolute atomic E-state index is 0.530. The van der Waals surface area contributed by atoms with Crippen LogP contribution >= 0.6 is 11.6 Å². The van der Waals surface area contributed by atoms with E-state index in [1.807, 2.05) is 32.0 Å². The molecule has 1 aromatic carbocycles. The molecule has 0 aliphatic carbocycles. The number of halogens is 1. The molecule has 0 aliphatic heterocycles. The van der Waals surface area contributed by atoms with Crippen LogP contribution in [-0.4, -0.2) is 12.5 Å². The van der Waals surface area contributed by atoms with E-state index in [0.29, 0.717) is 17.5 Å². The number of nitrogens with one attached hydrogen (secondary N) is 2. The fourth-order valence-electron chi connectivity index (χ4n) is 1.15. The molecule has 0 atom stereocenters. The van der Waals surface area contributed by atoms with Gasteiger partial charge in [-0.1, -0.05) is 17.7 Å². The zero-order chi connectivity index (χ0) is 11.3. The monoisotopic (exact) mass is 226 g/mol. The van der Waals surface area contributed by atoms with Crippen molar-refractivity contribution in [2.75, 3.05) is 11.9 Å². The van der Waals surface area contributed by atoms with Gasteiger partial charge in [0.1, 0.15) is 0 Å². The van der Waals surface area contributed by atoms with Crippen LogP contribution in [-0.2, 0) is 0 Å². The van der Waals surface area contributed by atoms with Gasteiger partial charge in [-0.05, 0) is 31.5 Å². The molecule has 0 saturated carbocycles. The zero-order valence-corrected chi connectivity index (χ0v) is 9.60. The van der Waals surface area contributed by atoms with Crippen molar-refractivity contribution in [3.8, 4) is 0 Å². The Bertz CT molecular complexity index is 362. The lowest BCUT2D eigenvalue weighted by molar-refractivity contribution is 0.985. The van der Waals surface area contributed by atoms with E-state index in [1.165, 1.54) is 0 Å². The highest BCUT2D eigenvalue weighted by Crippen LogP contribution is 2.22. The number of hydrogen-bond acceptors (Lipinski definition) is 2. The first-order valence-electron chi connectivity index (χ1n) is 4.72. The Morgan fingerprint density at radius 2 is 2.27 bits per heavy atom. The van der Waals surface area contributed by atoms with Gasteiger partial charge in [-0.25, -0.2) is 5.84 Å². The lowest BCUT2D eigenvalue weighted by Crippen LogP contribution is -2.36. The molecule has 0 saturated heterocycles. The maximum Gasteiger partial charge on any atom is 0.210 e. The van der Waals surface area contributed by atoms with Crippen LogP contribution in [0, 0.1) is 6.92 Å². The molecule has 0 aromatic heterocycles. The summed E-state index contributed by atoms with van der Waals surface area (Å²) in [6, 6.07) is 5.63. The van der Waals surface area contributed by atoms with Crippen LogP contribution in [0.5, 0.6) is 0 Å². The van der Waals surface area contributed by atoms with E-state index in [0.717, 1.165) is 11.3 Å². The fraction of sp³-hybridized carbons (Fsp3) is 0.300. The quantitative estimate of drug-likeness (QED) is 0.312. The second-order valence-electron chi connectivity index (χ2n) is 3.00. The predicted molar refractivity (Wildman–Crippen MR) is 65.1 cm³/mol. The molecule has 4 N–H and O–H groups in total. The summed E-state index contributed by atoms with van der Waals surface area (Å²) in [6.45, 7) is 4.53. The van der Waals surface area contributed by atoms with Crippen LogP contribution in [0.15, 0.2) is 23.2 Å². The maximum atomic E-state index is 5.99. The van der Waals surface area contributed by atoms with Crippen molar-refractivity contribution in [3.63, 3.8) is 0 Å². The Balaban J connectivity index is 2.88. The average Bonchev–Trinajstić information content (AvgIpc) is 2.24. The molecule has 4 nitrogen and oxygen atoms in total. The second kappa shape index (κ2) is 5.58. The van der Waals surface area contributed by atoms with Gasteiger partial charge >= 0.3 is 0 Å². The lowest BCUT2D eigenvalue weighted by Gasteiger charge is -2.11. The maximum absolute atomic E-state index is 5.99. The molecule has 15 heavy (non-hydrogen) atoms. The Hall–Kier alpha value is -1.26. The van der Waals surface area contributed by atoms with Crippen LogP contribution in [0.2, 0.25) is 5.02 Å². The molecule has 0 radical (unpaired) electrons. The summed E-state index contributed by atoms with van der Waals surface area (Å²) in [5, 5.41) is 3.78. The minimum atomic E-state index is 0.530. The van der Waals surface area contributed by atoms with Crippen LogP contribution in [0.4, 0.5) is 5.69 Å². The summed E-state index contributed by atoms with van der Waals surface area (Å²) in [5.74, 6) is 5.85. The number of hydrogen-bond donors (Lipinski definition) is 3. The van der Waals surface area contributed by atoms with Crippen molar-refractivity contribution in [1.29, 1.82) is 0 Å². The second-order valence-corrected chi connectivity index (χ2v) is 3.41. The van der Waals surface area contributed by atoms with E-state index in [1.54, 1.807) is 0 Å². The number of benzene rings is 1. The molecule has 0 bridgehead atoms. The summed E-state index contributed by atoms with van der Waals surface area (Å²) < 4.78 is 0. The summed E-state index contributed by atoms with van der Waals surface area (Å²) in [6.07, 6.45) is 0. The molecule has 0 amide bonds. The highest BCUT2D eigenvalue weighted by atomic mass is 35.5. The van der Waals surface area contributed by atoms with Crippen molar-refractivity contribution in [1.82, 2.24) is 5.43 Å². The molecule has 0 aliphatic rings. The molecule has 1 aromatic rings. The van der Waals surface area contributed by atoms with Gasteiger partial charge in [-0.15, -0.1) is 0 Å². The van der Waals surface area contributed by atoms with Gasteiger partial charge in [0.15, 0.2) is 0 Å². The standard InChI is InChI=1S/C10H15ClN4/c1-3-13-10(15-12)14-9-6-4-5-8(11)7(9)2/h4-6H,3,12H2,1-2H3,(H2,13,14,15). The SMILES string of the molecule is CCN=C(NN)Nc1cccc(Cl)c1C. The van der Waals surface area contributed by atoms with Gasteiger partial charge < -0.3 is 5.32 Å². The minimum Gasteiger partial charge on any atom is -0.325 e.